The average Bonchev–Trinajstić information content (AvgIpc) is 3.30. The van der Waals surface area contributed by atoms with Crippen LogP contribution in [0.4, 0.5) is 11.4 Å². The molecule has 4 aliphatic heterocycles. The first-order valence-corrected chi connectivity index (χ1v) is 17.3. The molecule has 1 unspecified atom stereocenters. The van der Waals surface area contributed by atoms with Gasteiger partial charge < -0.3 is 24.5 Å². The zero-order chi connectivity index (χ0) is 33.0. The summed E-state index contributed by atoms with van der Waals surface area (Å²) in [4.78, 5) is 49.8. The molecule has 6 rings (SSSR count). The molecule has 1 spiro atoms. The van der Waals surface area contributed by atoms with Crippen LogP contribution in [0.1, 0.15) is 39.7 Å². The molecule has 2 fully saturated rings. The van der Waals surface area contributed by atoms with Crippen molar-refractivity contribution >= 4 is 52.5 Å². The van der Waals surface area contributed by atoms with E-state index in [0.29, 0.717) is 41.7 Å². The number of rotatable bonds is 8. The number of nitrogens with zero attached hydrogens (tertiary/aromatic N) is 3. The van der Waals surface area contributed by atoms with Crippen molar-refractivity contribution in [3.05, 3.63) is 77.4 Å². The summed E-state index contributed by atoms with van der Waals surface area (Å²) in [5.74, 6) is -1.62. The van der Waals surface area contributed by atoms with Crippen LogP contribution in [0.15, 0.2) is 66.8 Å². The summed E-state index contributed by atoms with van der Waals surface area (Å²) in [5, 5.41) is 11.2. The summed E-state index contributed by atoms with van der Waals surface area (Å²) in [6, 6.07) is 11.4. The van der Waals surface area contributed by atoms with Crippen LogP contribution in [0.5, 0.6) is 5.75 Å². The van der Waals surface area contributed by atoms with Crippen molar-refractivity contribution in [2.45, 2.75) is 62.6 Å². The molecule has 7 atom stereocenters. The number of aliphatic hydroxyl groups excluding tert-OH is 1. The molecule has 0 aliphatic carbocycles. The van der Waals surface area contributed by atoms with Crippen molar-refractivity contribution in [3.8, 4) is 5.75 Å². The van der Waals surface area contributed by atoms with E-state index < -0.39 is 33.4 Å². The topological polar surface area (TPSA) is 90.4 Å². The Morgan fingerprint density at radius 3 is 2.33 bits per heavy atom. The first-order chi connectivity index (χ1) is 22.0. The Kier molecular flexibility index (Phi) is 8.80. The number of fused-ring (bicyclic) bond motifs is 2. The summed E-state index contributed by atoms with van der Waals surface area (Å²) >= 11 is 8.25. The maximum atomic E-state index is 15.0. The van der Waals surface area contributed by atoms with E-state index in [1.165, 1.54) is 11.8 Å². The third kappa shape index (κ3) is 4.97. The fourth-order valence-electron chi connectivity index (χ4n) is 7.92. The van der Waals surface area contributed by atoms with E-state index in [1.807, 2.05) is 95.3 Å². The lowest BCUT2D eigenvalue weighted by Gasteiger charge is -2.41. The van der Waals surface area contributed by atoms with Crippen LogP contribution in [-0.4, -0.2) is 75.6 Å². The van der Waals surface area contributed by atoms with E-state index in [2.05, 4.69) is 0 Å². The molecule has 2 aromatic carbocycles. The zero-order valence-corrected chi connectivity index (χ0v) is 28.6. The number of halogens is 1. The molecule has 10 heteroatoms. The molecule has 0 radical (unpaired) electrons. The van der Waals surface area contributed by atoms with Crippen molar-refractivity contribution < 1.29 is 24.2 Å². The number of hydrogen-bond donors (Lipinski definition) is 1. The van der Waals surface area contributed by atoms with Gasteiger partial charge in [-0.05, 0) is 62.6 Å². The predicted octanol–water partition coefficient (Wildman–Crippen LogP) is 5.65. The predicted molar refractivity (Wildman–Crippen MR) is 183 cm³/mol. The van der Waals surface area contributed by atoms with Gasteiger partial charge in [-0.1, -0.05) is 68.3 Å². The molecule has 46 heavy (non-hydrogen) atoms. The lowest BCUT2D eigenvalue weighted by Crippen LogP contribution is -2.58. The van der Waals surface area contributed by atoms with Gasteiger partial charge in [0.25, 0.3) is 5.91 Å². The summed E-state index contributed by atoms with van der Waals surface area (Å²) in [6.45, 7) is 10.7. The summed E-state index contributed by atoms with van der Waals surface area (Å²) < 4.78 is 3.82. The lowest BCUT2D eigenvalue weighted by atomic mass is 9.74. The van der Waals surface area contributed by atoms with Gasteiger partial charge in [-0.2, -0.15) is 0 Å². The first-order valence-electron chi connectivity index (χ1n) is 16.1. The molecule has 0 bridgehead atoms. The van der Waals surface area contributed by atoms with Crippen LogP contribution in [-0.2, 0) is 14.4 Å². The van der Waals surface area contributed by atoms with Gasteiger partial charge in [-0.25, -0.2) is 0 Å². The molecule has 244 valence electrons. The number of benzene rings is 2. The number of likely N-dealkylation sites (tertiary alicyclic amines) is 1. The molecule has 8 nitrogen and oxygen atoms in total. The molecule has 0 aromatic heterocycles. The minimum atomic E-state index is -1.04. The Morgan fingerprint density at radius 2 is 1.67 bits per heavy atom. The molecule has 3 amide bonds. The molecule has 0 saturated carbocycles. The maximum Gasteiger partial charge on any atom is 0.251 e. The first kappa shape index (κ1) is 32.7. The molecular weight excluding hydrogens is 622 g/mol. The Balaban J connectivity index is 1.49. The number of hydrogen-bond acceptors (Lipinski definition) is 6. The van der Waals surface area contributed by atoms with E-state index >= 15 is 4.79 Å². The molecular formula is C36H42ClN3O5S. The van der Waals surface area contributed by atoms with Crippen LogP contribution in [0.2, 0.25) is 5.02 Å². The third-order valence-corrected chi connectivity index (χ3v) is 12.4. The standard InChI is InChI=1S/C36H42ClN3O5S/c1-6-22(3)27(21-41)40-31-34(44)39(30-23(4)11-8-12-26(30)37)20-10-18-36(31)29(33(40)43)28-32(42)38(19-9-17-35(28,5)46-36)24-13-15-25(16-14-24)45-7-2/h8-18,22,27-29,31,41H,6-7,19-21H2,1-5H3/t22-,27-,28-,29-,31?,35+,36-/m0/s1. The minimum Gasteiger partial charge on any atom is -0.494 e. The second kappa shape index (κ2) is 12.4. The number of aryl methyl sites for hydroxylation is 1. The highest BCUT2D eigenvalue weighted by Gasteiger charge is 2.74. The van der Waals surface area contributed by atoms with Crippen LogP contribution < -0.4 is 14.5 Å². The number of anilines is 2. The molecule has 4 heterocycles. The van der Waals surface area contributed by atoms with Crippen LogP contribution in [0.3, 0.4) is 0 Å². The summed E-state index contributed by atoms with van der Waals surface area (Å²) in [7, 11) is 0. The number of carbonyl (C=O) groups is 3. The number of thioether (sulfide) groups is 1. The van der Waals surface area contributed by atoms with Crippen LogP contribution >= 0.6 is 23.4 Å². The van der Waals surface area contributed by atoms with Gasteiger partial charge in [0.15, 0.2) is 0 Å². The number of amides is 3. The van der Waals surface area contributed by atoms with E-state index in [-0.39, 0.29) is 36.8 Å². The van der Waals surface area contributed by atoms with Gasteiger partial charge in [0.05, 0.1) is 46.5 Å². The number of aliphatic hydroxyl groups is 1. The normalized spacial score (nSPS) is 30.1. The van der Waals surface area contributed by atoms with Crippen LogP contribution in [0.25, 0.3) is 0 Å². The third-order valence-electron chi connectivity index (χ3n) is 10.3. The van der Waals surface area contributed by atoms with E-state index in [1.54, 1.807) is 20.8 Å². The summed E-state index contributed by atoms with van der Waals surface area (Å²) in [6.07, 6.45) is 8.70. The number of ether oxygens (including phenoxy) is 1. The molecule has 2 saturated heterocycles. The Labute approximate surface area is 280 Å². The van der Waals surface area contributed by atoms with Gasteiger partial charge >= 0.3 is 0 Å². The molecule has 1 N–H and O–H groups in total. The van der Waals surface area contributed by atoms with Gasteiger partial charge in [0, 0.05) is 23.5 Å². The smallest absolute Gasteiger partial charge is 0.251 e. The highest BCUT2D eigenvalue weighted by molar-refractivity contribution is 8.02. The minimum absolute atomic E-state index is 0.0816. The van der Waals surface area contributed by atoms with Gasteiger partial charge in [0.2, 0.25) is 11.8 Å². The highest BCUT2D eigenvalue weighted by Crippen LogP contribution is 2.66. The largest absolute Gasteiger partial charge is 0.494 e. The number of carbonyl (C=O) groups excluding carboxylic acids is 3. The van der Waals surface area contributed by atoms with Crippen molar-refractivity contribution in [1.82, 2.24) is 4.90 Å². The van der Waals surface area contributed by atoms with E-state index in [9.17, 15) is 14.7 Å². The van der Waals surface area contributed by atoms with Gasteiger partial charge in [0.1, 0.15) is 11.8 Å². The Morgan fingerprint density at radius 1 is 0.978 bits per heavy atom. The van der Waals surface area contributed by atoms with Crippen molar-refractivity contribution in [3.63, 3.8) is 0 Å². The molecule has 4 aliphatic rings. The second-order valence-electron chi connectivity index (χ2n) is 12.9. The molecule has 2 aromatic rings. The van der Waals surface area contributed by atoms with Gasteiger partial charge in [-0.3, -0.25) is 14.4 Å². The van der Waals surface area contributed by atoms with Crippen molar-refractivity contribution in [1.29, 1.82) is 0 Å². The van der Waals surface area contributed by atoms with Crippen LogP contribution in [0, 0.1) is 24.7 Å². The quantitative estimate of drug-likeness (QED) is 0.368. The van der Waals surface area contributed by atoms with Crippen molar-refractivity contribution in [2.75, 3.05) is 36.1 Å². The van der Waals surface area contributed by atoms with Gasteiger partial charge in [-0.15, -0.1) is 11.8 Å². The van der Waals surface area contributed by atoms with E-state index in [0.717, 1.165) is 5.56 Å². The fraction of sp³-hybridized carbons (Fsp3) is 0.472. The average molecular weight is 664 g/mol. The maximum absolute atomic E-state index is 15.0. The SMILES string of the molecule is CCOc1ccc(N2CC=C[C@@]3(C)S[C@]45C=CCN(c6c(C)cccc6Cl)C(=O)C4N([C@@H](CO)[C@@H](C)CC)C(=O)[C@@H]5[C@H]3C2=O)cc1. The number of para-hydroxylation sites is 1. The highest BCUT2D eigenvalue weighted by atomic mass is 35.5. The Hall–Kier alpha value is -3.27. The zero-order valence-electron chi connectivity index (χ0n) is 27.0. The van der Waals surface area contributed by atoms with E-state index in [4.69, 9.17) is 16.3 Å². The van der Waals surface area contributed by atoms with Crippen molar-refractivity contribution in [2.24, 2.45) is 17.8 Å². The fourth-order valence-corrected chi connectivity index (χ4v) is 10.4. The summed E-state index contributed by atoms with van der Waals surface area (Å²) in [5.41, 5.74) is 2.17. The monoisotopic (exact) mass is 663 g/mol. The lowest BCUT2D eigenvalue weighted by molar-refractivity contribution is -0.143. The second-order valence-corrected chi connectivity index (χ2v) is 15.1. The Bertz CT molecular complexity index is 1580.